The van der Waals surface area contributed by atoms with Gasteiger partial charge in [-0.25, -0.2) is 0 Å². The predicted octanol–water partition coefficient (Wildman–Crippen LogP) is 2.77. The van der Waals surface area contributed by atoms with Gasteiger partial charge in [-0.05, 0) is 48.9 Å². The van der Waals surface area contributed by atoms with Gasteiger partial charge in [-0.3, -0.25) is 5.01 Å². The lowest BCUT2D eigenvalue weighted by molar-refractivity contribution is 0.336. The SMILES string of the molecule is C#CC#Cc1ccc(N=NN2CCCC2)cc1. The summed E-state index contributed by atoms with van der Waals surface area (Å²) in [7, 11) is 0. The second kappa shape index (κ2) is 5.72. The van der Waals surface area contributed by atoms with Crippen LogP contribution in [-0.4, -0.2) is 18.1 Å². The Labute approximate surface area is 102 Å². The quantitative estimate of drug-likeness (QED) is 0.559. The molecule has 0 spiro atoms. The monoisotopic (exact) mass is 223 g/mol. The molecule has 1 aromatic carbocycles. The van der Waals surface area contributed by atoms with E-state index >= 15 is 0 Å². The summed E-state index contributed by atoms with van der Waals surface area (Å²) in [5, 5.41) is 10.3. The van der Waals surface area contributed by atoms with E-state index in [2.05, 4.69) is 28.1 Å². The molecular weight excluding hydrogens is 210 g/mol. The van der Waals surface area contributed by atoms with Crippen LogP contribution in [0.1, 0.15) is 18.4 Å². The largest absolute Gasteiger partial charge is 0.278 e. The number of benzene rings is 1. The number of nitrogens with zero attached hydrogens (tertiary/aromatic N) is 3. The second-order valence-electron chi connectivity index (χ2n) is 3.79. The van der Waals surface area contributed by atoms with E-state index < -0.39 is 0 Å². The average molecular weight is 223 g/mol. The summed E-state index contributed by atoms with van der Waals surface area (Å²) in [4.78, 5) is 0. The van der Waals surface area contributed by atoms with Gasteiger partial charge in [-0.15, -0.1) is 11.5 Å². The molecule has 3 heteroatoms. The fraction of sp³-hybridized carbons (Fsp3) is 0.286. The highest BCUT2D eigenvalue weighted by atomic mass is 15.5. The molecule has 1 fully saturated rings. The Hall–Kier alpha value is -2.26. The first-order valence-electron chi connectivity index (χ1n) is 5.62. The predicted molar refractivity (Wildman–Crippen MR) is 67.5 cm³/mol. The molecule has 1 saturated heterocycles. The molecule has 84 valence electrons. The fourth-order valence-corrected chi connectivity index (χ4v) is 1.62. The third kappa shape index (κ3) is 3.36. The van der Waals surface area contributed by atoms with E-state index in [4.69, 9.17) is 6.42 Å². The summed E-state index contributed by atoms with van der Waals surface area (Å²) in [6, 6.07) is 7.56. The molecule has 0 saturated carbocycles. The molecule has 2 rings (SSSR count). The molecule has 3 nitrogen and oxygen atoms in total. The van der Waals surface area contributed by atoms with Crippen molar-refractivity contribution >= 4 is 5.69 Å². The van der Waals surface area contributed by atoms with Crippen molar-refractivity contribution < 1.29 is 0 Å². The molecule has 1 aliphatic rings. The summed E-state index contributed by atoms with van der Waals surface area (Å²) >= 11 is 0. The molecule has 0 aliphatic carbocycles. The van der Waals surface area contributed by atoms with Crippen molar-refractivity contribution in [1.29, 1.82) is 0 Å². The highest BCUT2D eigenvalue weighted by molar-refractivity contribution is 5.45. The Balaban J connectivity index is 2.00. The topological polar surface area (TPSA) is 28.0 Å². The van der Waals surface area contributed by atoms with Gasteiger partial charge in [-0.1, -0.05) is 11.1 Å². The minimum atomic E-state index is 0.836. The molecule has 0 unspecified atom stereocenters. The zero-order chi connectivity index (χ0) is 11.9. The van der Waals surface area contributed by atoms with Gasteiger partial charge < -0.3 is 0 Å². The van der Waals surface area contributed by atoms with Crippen molar-refractivity contribution in [2.45, 2.75) is 12.8 Å². The number of hydrogen-bond acceptors (Lipinski definition) is 2. The highest BCUT2D eigenvalue weighted by Crippen LogP contribution is 2.15. The minimum absolute atomic E-state index is 0.836. The van der Waals surface area contributed by atoms with Gasteiger partial charge in [0.2, 0.25) is 0 Å². The van der Waals surface area contributed by atoms with Crippen molar-refractivity contribution in [3.63, 3.8) is 0 Å². The van der Waals surface area contributed by atoms with Crippen molar-refractivity contribution in [2.24, 2.45) is 10.3 Å². The van der Waals surface area contributed by atoms with Crippen LogP contribution in [0.3, 0.4) is 0 Å². The molecule has 0 amide bonds. The first-order chi connectivity index (χ1) is 8.38. The maximum atomic E-state index is 5.06. The van der Waals surface area contributed by atoms with Crippen LogP contribution in [-0.2, 0) is 0 Å². The van der Waals surface area contributed by atoms with Crippen LogP contribution >= 0.6 is 0 Å². The maximum absolute atomic E-state index is 5.06. The first-order valence-corrected chi connectivity index (χ1v) is 5.62. The normalized spacial score (nSPS) is 14.4. The van der Waals surface area contributed by atoms with Gasteiger partial charge in [0, 0.05) is 18.7 Å². The lowest BCUT2D eigenvalue weighted by Gasteiger charge is -2.06. The molecule has 0 bridgehead atoms. The van der Waals surface area contributed by atoms with Crippen LogP contribution < -0.4 is 0 Å². The Morgan fingerprint density at radius 3 is 2.47 bits per heavy atom. The summed E-state index contributed by atoms with van der Waals surface area (Å²) in [5.41, 5.74) is 1.73. The van der Waals surface area contributed by atoms with E-state index in [1.807, 2.05) is 29.3 Å². The lowest BCUT2D eigenvalue weighted by Crippen LogP contribution is -2.09. The second-order valence-corrected chi connectivity index (χ2v) is 3.79. The van der Waals surface area contributed by atoms with Crippen LogP contribution in [0, 0.1) is 24.2 Å². The summed E-state index contributed by atoms with van der Waals surface area (Å²) in [5.74, 6) is 7.71. The van der Waals surface area contributed by atoms with Gasteiger partial charge in [0.25, 0.3) is 0 Å². The minimum Gasteiger partial charge on any atom is -0.278 e. The van der Waals surface area contributed by atoms with Crippen LogP contribution in [0.4, 0.5) is 5.69 Å². The Bertz CT molecular complexity index is 491. The molecule has 0 N–H and O–H groups in total. The van der Waals surface area contributed by atoms with Crippen LogP contribution in [0.5, 0.6) is 0 Å². The molecule has 0 atom stereocenters. The summed E-state index contributed by atoms with van der Waals surface area (Å²) < 4.78 is 0. The molecule has 1 aromatic rings. The molecular formula is C14H13N3. The number of hydrogen-bond donors (Lipinski definition) is 0. The molecule has 1 aliphatic heterocycles. The van der Waals surface area contributed by atoms with Crippen LogP contribution in [0.25, 0.3) is 0 Å². The van der Waals surface area contributed by atoms with Gasteiger partial charge in [0.15, 0.2) is 0 Å². The van der Waals surface area contributed by atoms with Crippen molar-refractivity contribution in [3.8, 4) is 24.2 Å². The van der Waals surface area contributed by atoms with E-state index in [1.54, 1.807) is 0 Å². The van der Waals surface area contributed by atoms with Crippen molar-refractivity contribution in [2.75, 3.05) is 13.1 Å². The summed E-state index contributed by atoms with van der Waals surface area (Å²) in [6.07, 6.45) is 7.48. The Morgan fingerprint density at radius 2 is 1.82 bits per heavy atom. The zero-order valence-corrected chi connectivity index (χ0v) is 9.56. The third-order valence-electron chi connectivity index (χ3n) is 2.52. The van der Waals surface area contributed by atoms with Gasteiger partial charge in [0.1, 0.15) is 0 Å². The average Bonchev–Trinajstić information content (AvgIpc) is 2.88. The van der Waals surface area contributed by atoms with E-state index in [0.29, 0.717) is 0 Å². The van der Waals surface area contributed by atoms with E-state index in [9.17, 15) is 0 Å². The lowest BCUT2D eigenvalue weighted by atomic mass is 10.2. The zero-order valence-electron chi connectivity index (χ0n) is 9.56. The first kappa shape index (κ1) is 11.2. The highest BCUT2D eigenvalue weighted by Gasteiger charge is 2.08. The van der Waals surface area contributed by atoms with Gasteiger partial charge >= 0.3 is 0 Å². The third-order valence-corrected chi connectivity index (χ3v) is 2.52. The Morgan fingerprint density at radius 1 is 1.12 bits per heavy atom. The van der Waals surface area contributed by atoms with E-state index in [1.165, 1.54) is 12.8 Å². The number of rotatable bonds is 2. The van der Waals surface area contributed by atoms with Gasteiger partial charge in [0.05, 0.1) is 5.69 Å². The van der Waals surface area contributed by atoms with E-state index in [0.717, 1.165) is 24.3 Å². The number of terminal acetylenes is 1. The molecule has 1 heterocycles. The standard InChI is InChI=1S/C14H13N3/c1-2-3-6-13-7-9-14(10-8-13)15-16-17-11-4-5-12-17/h1,7-10H,4-5,11-12H2. The Kier molecular flexibility index (Phi) is 3.78. The van der Waals surface area contributed by atoms with Crippen molar-refractivity contribution in [1.82, 2.24) is 5.01 Å². The van der Waals surface area contributed by atoms with Crippen molar-refractivity contribution in [3.05, 3.63) is 29.8 Å². The maximum Gasteiger partial charge on any atom is 0.0875 e. The smallest absolute Gasteiger partial charge is 0.0875 e. The van der Waals surface area contributed by atoms with Crippen LogP contribution in [0.2, 0.25) is 0 Å². The molecule has 0 radical (unpaired) electrons. The van der Waals surface area contributed by atoms with Gasteiger partial charge in [-0.2, -0.15) is 0 Å². The van der Waals surface area contributed by atoms with E-state index in [-0.39, 0.29) is 0 Å². The van der Waals surface area contributed by atoms with Crippen LogP contribution in [0.15, 0.2) is 34.6 Å². The molecule has 0 aromatic heterocycles. The molecule has 17 heavy (non-hydrogen) atoms. The fourth-order valence-electron chi connectivity index (χ4n) is 1.62. The summed E-state index contributed by atoms with van der Waals surface area (Å²) in [6.45, 7) is 2.02.